The molecule has 0 aliphatic heterocycles. The van der Waals surface area contributed by atoms with Crippen LogP contribution in [0.25, 0.3) is 10.8 Å². The number of halogens is 2. The van der Waals surface area contributed by atoms with E-state index in [1.165, 1.54) is 5.56 Å². The maximum absolute atomic E-state index is 8.94. The Bertz CT molecular complexity index is 412. The molecule has 0 aromatic carbocycles. The first-order valence-electron chi connectivity index (χ1n) is 4.50. The van der Waals surface area contributed by atoms with Crippen molar-refractivity contribution < 1.29 is 4.57 Å². The highest BCUT2D eigenvalue weighted by molar-refractivity contribution is 8.10. The topological polar surface area (TPSA) is 26.2 Å². The Morgan fingerprint density at radius 2 is 2.27 bits per heavy atom. The Morgan fingerprint density at radius 1 is 1.60 bits per heavy atom. The monoisotopic (exact) mass is 260 g/mol. The van der Waals surface area contributed by atoms with Gasteiger partial charge in [0, 0.05) is 19.1 Å². The van der Waals surface area contributed by atoms with Gasteiger partial charge >= 0.3 is 0 Å². The molecule has 0 bridgehead atoms. The average molecular weight is 261 g/mol. The molecule has 0 saturated heterocycles. The normalized spacial score (nSPS) is 10.2. The molecule has 0 fully saturated rings. The zero-order valence-corrected chi connectivity index (χ0v) is 10.9. The van der Waals surface area contributed by atoms with Crippen LogP contribution in [0, 0.1) is 6.92 Å². The minimum Gasteiger partial charge on any atom is -0.758 e. The molecule has 1 rings (SSSR count). The number of rotatable bonds is 3. The molecule has 0 aliphatic rings. The fourth-order valence-electron chi connectivity index (χ4n) is 1.30. The van der Waals surface area contributed by atoms with E-state index in [-0.39, 0.29) is 0 Å². The van der Waals surface area contributed by atoms with Crippen LogP contribution in [0.15, 0.2) is 18.3 Å². The summed E-state index contributed by atoms with van der Waals surface area (Å²) in [6, 6.07) is 4.00. The lowest BCUT2D eigenvalue weighted by Crippen LogP contribution is -2.34. The molecule has 0 radical (unpaired) electrons. The van der Waals surface area contributed by atoms with Gasteiger partial charge in [-0.2, -0.15) is 10.4 Å². The van der Waals surface area contributed by atoms with Gasteiger partial charge in [-0.15, -0.1) is 0 Å². The van der Waals surface area contributed by atoms with E-state index in [1.807, 2.05) is 31.1 Å². The van der Waals surface area contributed by atoms with Gasteiger partial charge < -0.3 is 5.41 Å². The van der Waals surface area contributed by atoms with Crippen LogP contribution in [0.2, 0.25) is 0 Å². The molecule has 0 spiro atoms. The molecule has 0 amide bonds. The molecule has 0 unspecified atom stereocenters. The SMILES string of the molecule is CCc1cc[n+](C(=C=[N-])P(Cl)Cl)c(C)c1. The van der Waals surface area contributed by atoms with Crippen molar-refractivity contribution in [3.05, 3.63) is 35.0 Å². The van der Waals surface area contributed by atoms with Crippen molar-refractivity contribution in [1.29, 1.82) is 0 Å². The lowest BCUT2D eigenvalue weighted by atomic mass is 10.2. The molecular weight excluding hydrogens is 250 g/mol. The van der Waals surface area contributed by atoms with Gasteiger partial charge in [0.15, 0.2) is 18.5 Å². The highest BCUT2D eigenvalue weighted by Gasteiger charge is 2.19. The molecule has 0 aliphatic carbocycles. The summed E-state index contributed by atoms with van der Waals surface area (Å²) in [6.07, 6.45) is 2.81. The van der Waals surface area contributed by atoms with E-state index in [2.05, 4.69) is 6.92 Å². The maximum Gasteiger partial charge on any atom is 0.258 e. The zero-order valence-electron chi connectivity index (χ0n) is 8.54. The van der Waals surface area contributed by atoms with Gasteiger partial charge in [-0.3, -0.25) is 0 Å². The van der Waals surface area contributed by atoms with Crippen molar-refractivity contribution in [2.45, 2.75) is 20.3 Å². The molecule has 15 heavy (non-hydrogen) atoms. The van der Waals surface area contributed by atoms with Crippen LogP contribution in [-0.2, 0) is 6.42 Å². The summed E-state index contributed by atoms with van der Waals surface area (Å²) in [6.45, 7) is 2.61. The Hall–Kier alpha value is -0.390. The minimum atomic E-state index is -1.41. The first-order chi connectivity index (χ1) is 7.10. The van der Waals surface area contributed by atoms with Gasteiger partial charge in [0.25, 0.3) is 5.44 Å². The second-order valence-corrected chi connectivity index (χ2v) is 6.51. The Balaban J connectivity index is 3.21. The minimum absolute atomic E-state index is 0.397. The van der Waals surface area contributed by atoms with Crippen LogP contribution < -0.4 is 4.57 Å². The number of aryl methyl sites for hydroxylation is 2. The predicted molar refractivity (Wildman–Crippen MR) is 67.4 cm³/mol. The Morgan fingerprint density at radius 3 is 2.67 bits per heavy atom. The fraction of sp³-hybridized carbons (Fsp3) is 0.300. The van der Waals surface area contributed by atoms with E-state index in [4.69, 9.17) is 27.9 Å². The molecule has 1 aromatic heterocycles. The van der Waals surface area contributed by atoms with Crippen molar-refractivity contribution in [3.8, 4) is 0 Å². The van der Waals surface area contributed by atoms with Crippen molar-refractivity contribution in [1.82, 2.24) is 0 Å². The summed E-state index contributed by atoms with van der Waals surface area (Å²) in [5, 5.41) is 8.94. The highest BCUT2D eigenvalue weighted by Crippen LogP contribution is 2.53. The van der Waals surface area contributed by atoms with E-state index in [1.54, 1.807) is 4.57 Å². The largest absolute Gasteiger partial charge is 0.758 e. The summed E-state index contributed by atoms with van der Waals surface area (Å²) in [4.78, 5) is 0. The summed E-state index contributed by atoms with van der Waals surface area (Å²) >= 11 is 11.5. The molecule has 1 aromatic rings. The second-order valence-electron chi connectivity index (χ2n) is 3.07. The van der Waals surface area contributed by atoms with E-state index >= 15 is 0 Å². The smallest absolute Gasteiger partial charge is 0.258 e. The second kappa shape index (κ2) is 5.63. The molecule has 0 saturated carbocycles. The van der Waals surface area contributed by atoms with Gasteiger partial charge in [0.2, 0.25) is 0 Å². The zero-order chi connectivity index (χ0) is 11.4. The van der Waals surface area contributed by atoms with Crippen LogP contribution in [0.4, 0.5) is 0 Å². The Labute approximate surface area is 100 Å². The molecular formula is C10H11Cl2N2P. The van der Waals surface area contributed by atoms with E-state index < -0.39 is 6.63 Å². The standard InChI is InChI=1S/C10H11Cl2N2P/c1-3-9-4-5-14(8(2)6-9)10(7-13)15(11)12/h4-6H,3H2,1-2H3. The van der Waals surface area contributed by atoms with E-state index in [0.29, 0.717) is 5.44 Å². The first-order valence-corrected chi connectivity index (χ1v) is 7.65. The van der Waals surface area contributed by atoms with Crippen LogP contribution in [0.3, 0.4) is 0 Å². The van der Waals surface area contributed by atoms with Crippen molar-refractivity contribution in [2.75, 3.05) is 0 Å². The van der Waals surface area contributed by atoms with Crippen LogP contribution in [-0.4, -0.2) is 5.87 Å². The number of pyridine rings is 1. The number of nitrogens with zero attached hydrogens (tertiary/aromatic N) is 2. The van der Waals surface area contributed by atoms with Crippen LogP contribution in [0.5, 0.6) is 0 Å². The van der Waals surface area contributed by atoms with Gasteiger partial charge in [0.1, 0.15) is 0 Å². The predicted octanol–water partition coefficient (Wildman–Crippen LogP) is 3.67. The average Bonchev–Trinajstić information content (AvgIpc) is 2.20. The van der Waals surface area contributed by atoms with Crippen LogP contribution in [0.1, 0.15) is 18.2 Å². The number of aromatic nitrogens is 1. The third-order valence-electron chi connectivity index (χ3n) is 2.11. The molecule has 5 heteroatoms. The molecule has 0 N–H and O–H groups in total. The lowest BCUT2D eigenvalue weighted by Gasteiger charge is -2.04. The molecule has 1 heterocycles. The van der Waals surface area contributed by atoms with Gasteiger partial charge in [-0.05, 0) is 12.0 Å². The van der Waals surface area contributed by atoms with Crippen molar-refractivity contribution >= 4 is 40.4 Å². The van der Waals surface area contributed by atoms with E-state index in [9.17, 15) is 0 Å². The molecule has 0 atom stereocenters. The fourth-order valence-corrected chi connectivity index (χ4v) is 2.48. The lowest BCUT2D eigenvalue weighted by molar-refractivity contribution is -0.579. The summed E-state index contributed by atoms with van der Waals surface area (Å²) < 4.78 is 1.74. The molecule has 2 nitrogen and oxygen atoms in total. The van der Waals surface area contributed by atoms with Crippen molar-refractivity contribution in [3.63, 3.8) is 0 Å². The summed E-state index contributed by atoms with van der Waals surface area (Å²) in [5.41, 5.74) is 2.60. The van der Waals surface area contributed by atoms with E-state index in [0.717, 1.165) is 12.1 Å². The number of hydrogen-bond acceptors (Lipinski definition) is 0. The maximum atomic E-state index is 8.94. The molecule has 80 valence electrons. The van der Waals surface area contributed by atoms with Gasteiger partial charge in [-0.25, -0.2) is 0 Å². The van der Waals surface area contributed by atoms with Gasteiger partial charge in [-0.1, -0.05) is 29.4 Å². The first kappa shape index (κ1) is 12.7. The summed E-state index contributed by atoms with van der Waals surface area (Å²) in [5.74, 6) is 2.04. The highest BCUT2D eigenvalue weighted by atomic mass is 35.9. The third kappa shape index (κ3) is 3.03. The van der Waals surface area contributed by atoms with Crippen LogP contribution >= 0.6 is 29.1 Å². The third-order valence-corrected chi connectivity index (χ3v) is 3.70. The quantitative estimate of drug-likeness (QED) is 0.451. The van der Waals surface area contributed by atoms with Gasteiger partial charge in [0.05, 0.1) is 0 Å². The summed E-state index contributed by atoms with van der Waals surface area (Å²) in [7, 11) is 0. The Kier molecular flexibility index (Phi) is 4.76. The number of hydrogen-bond donors (Lipinski definition) is 0. The van der Waals surface area contributed by atoms with Crippen molar-refractivity contribution in [2.24, 2.45) is 0 Å².